The van der Waals surface area contributed by atoms with Gasteiger partial charge in [0, 0.05) is 6.42 Å². The van der Waals surface area contributed by atoms with Crippen molar-refractivity contribution in [1.29, 1.82) is 0 Å². The lowest BCUT2D eigenvalue weighted by molar-refractivity contribution is -0.166. The number of phenols is 1. The van der Waals surface area contributed by atoms with Crippen LogP contribution in [-0.4, -0.2) is 45.7 Å². The monoisotopic (exact) mass is 393 g/mol. The molecule has 1 aromatic rings. The summed E-state index contributed by atoms with van der Waals surface area (Å²) in [4.78, 5) is 35.6. The van der Waals surface area contributed by atoms with Gasteiger partial charge in [-0.05, 0) is 30.5 Å². The number of hydroxylamine groups is 2. The van der Waals surface area contributed by atoms with E-state index in [2.05, 4.69) is 12.2 Å². The minimum atomic E-state index is -1.15. The van der Waals surface area contributed by atoms with Crippen molar-refractivity contribution in [3.05, 3.63) is 29.8 Å². The van der Waals surface area contributed by atoms with Gasteiger partial charge < -0.3 is 16.2 Å². The van der Waals surface area contributed by atoms with Crippen molar-refractivity contribution in [1.82, 2.24) is 10.4 Å². The molecule has 5 N–H and O–H groups in total. The first kappa shape index (κ1) is 23.4. The molecule has 28 heavy (non-hydrogen) atoms. The Morgan fingerprint density at radius 1 is 1.11 bits per heavy atom. The number of carbonyl (C=O) groups is 3. The maximum absolute atomic E-state index is 12.1. The molecular formula is C20H31N3O5. The fourth-order valence-corrected chi connectivity index (χ4v) is 2.68. The molecule has 0 heterocycles. The van der Waals surface area contributed by atoms with Gasteiger partial charge in [0.15, 0.2) is 0 Å². The maximum Gasteiger partial charge on any atom is 0.248 e. The van der Waals surface area contributed by atoms with E-state index in [4.69, 9.17) is 5.73 Å². The number of unbranched alkanes of at least 4 members (excludes halogenated alkanes) is 4. The molecule has 1 aromatic carbocycles. The Bertz CT molecular complexity index is 633. The minimum Gasteiger partial charge on any atom is -0.508 e. The van der Waals surface area contributed by atoms with E-state index < -0.39 is 24.3 Å². The van der Waals surface area contributed by atoms with Gasteiger partial charge in [-0.2, -0.15) is 0 Å². The molecule has 8 nitrogen and oxygen atoms in total. The summed E-state index contributed by atoms with van der Waals surface area (Å²) in [6, 6.07) is 5.24. The zero-order valence-corrected chi connectivity index (χ0v) is 16.4. The van der Waals surface area contributed by atoms with Crippen LogP contribution in [0.1, 0.15) is 57.4 Å². The van der Waals surface area contributed by atoms with Crippen LogP contribution < -0.4 is 11.1 Å². The van der Waals surface area contributed by atoms with E-state index in [-0.39, 0.29) is 24.6 Å². The van der Waals surface area contributed by atoms with E-state index >= 15 is 0 Å². The highest BCUT2D eigenvalue weighted by Gasteiger charge is 2.24. The van der Waals surface area contributed by atoms with Gasteiger partial charge in [-0.25, -0.2) is 5.06 Å². The summed E-state index contributed by atoms with van der Waals surface area (Å²) in [5.74, 6) is -1.72. The number of nitrogens with two attached hydrogens (primary N) is 1. The molecule has 0 aliphatic heterocycles. The molecule has 0 aliphatic rings. The largest absolute Gasteiger partial charge is 0.508 e. The molecule has 0 radical (unpaired) electrons. The molecular weight excluding hydrogens is 362 g/mol. The van der Waals surface area contributed by atoms with Crippen LogP contribution in [0.15, 0.2) is 24.3 Å². The molecule has 156 valence electrons. The number of phenolic OH excluding ortho intramolecular Hbond substituents is 1. The fourth-order valence-electron chi connectivity index (χ4n) is 2.68. The maximum atomic E-state index is 12.1. The molecule has 0 fully saturated rings. The third kappa shape index (κ3) is 9.36. The molecule has 8 heteroatoms. The second-order valence-corrected chi connectivity index (χ2v) is 6.82. The highest BCUT2D eigenvalue weighted by molar-refractivity contribution is 5.90. The Hall–Kier alpha value is -2.61. The average Bonchev–Trinajstić information content (AvgIpc) is 2.66. The Labute approximate surface area is 165 Å². The lowest BCUT2D eigenvalue weighted by atomic mass is 10.1. The van der Waals surface area contributed by atoms with Gasteiger partial charge in [-0.3, -0.25) is 19.6 Å². The summed E-state index contributed by atoms with van der Waals surface area (Å²) in [6.07, 6.45) is 5.18. The fraction of sp³-hybridized carbons (Fsp3) is 0.550. The summed E-state index contributed by atoms with van der Waals surface area (Å²) < 4.78 is 0. The van der Waals surface area contributed by atoms with Gasteiger partial charge in [0.25, 0.3) is 0 Å². The third-order valence-corrected chi connectivity index (χ3v) is 4.40. The second-order valence-electron chi connectivity index (χ2n) is 6.82. The van der Waals surface area contributed by atoms with Crippen molar-refractivity contribution >= 4 is 17.7 Å². The standard InChI is InChI=1S/C20H31N3O5/c1-2-3-4-5-6-7-18(25)22-17(20(21)27)14-19(26)23(28)13-12-15-8-10-16(24)11-9-15/h8-11,17,24,28H,2-7,12-14H2,1H3,(H2,21,27)(H,22,25)/t17-/m1/s1. The van der Waals surface area contributed by atoms with Crippen LogP contribution >= 0.6 is 0 Å². The molecule has 0 aromatic heterocycles. The number of primary amides is 1. The van der Waals surface area contributed by atoms with Crippen molar-refractivity contribution in [2.45, 2.75) is 64.3 Å². The lowest BCUT2D eigenvalue weighted by Crippen LogP contribution is -2.47. The van der Waals surface area contributed by atoms with E-state index in [1.165, 1.54) is 12.1 Å². The summed E-state index contributed by atoms with van der Waals surface area (Å²) in [5, 5.41) is 22.1. The molecule has 1 atom stereocenters. The molecule has 1 rings (SSSR count). The Kier molecular flexibility index (Phi) is 10.6. The van der Waals surface area contributed by atoms with E-state index in [1.807, 2.05) is 0 Å². The molecule has 3 amide bonds. The van der Waals surface area contributed by atoms with Gasteiger partial charge >= 0.3 is 0 Å². The van der Waals surface area contributed by atoms with Gasteiger partial charge in [0.2, 0.25) is 17.7 Å². The number of benzene rings is 1. The SMILES string of the molecule is CCCCCCCC(=O)N[C@H](CC(=O)N(O)CCc1ccc(O)cc1)C(N)=O. The zero-order chi connectivity index (χ0) is 20.9. The Morgan fingerprint density at radius 3 is 2.36 bits per heavy atom. The number of carbonyl (C=O) groups excluding carboxylic acids is 3. The van der Waals surface area contributed by atoms with Crippen LogP contribution in [0.4, 0.5) is 0 Å². The first-order valence-electron chi connectivity index (χ1n) is 9.69. The first-order chi connectivity index (χ1) is 13.3. The Morgan fingerprint density at radius 2 is 1.75 bits per heavy atom. The molecule has 0 saturated heterocycles. The molecule has 0 unspecified atom stereocenters. The van der Waals surface area contributed by atoms with Crippen molar-refractivity contribution < 1.29 is 24.7 Å². The number of hydrogen-bond acceptors (Lipinski definition) is 5. The summed E-state index contributed by atoms with van der Waals surface area (Å²) in [5.41, 5.74) is 6.10. The number of aromatic hydroxyl groups is 1. The van der Waals surface area contributed by atoms with E-state index in [1.54, 1.807) is 12.1 Å². The van der Waals surface area contributed by atoms with E-state index in [0.717, 1.165) is 31.2 Å². The average molecular weight is 393 g/mol. The van der Waals surface area contributed by atoms with Crippen molar-refractivity contribution in [3.8, 4) is 5.75 Å². The van der Waals surface area contributed by atoms with Crippen LogP contribution in [0.25, 0.3) is 0 Å². The topological polar surface area (TPSA) is 133 Å². The summed E-state index contributed by atoms with van der Waals surface area (Å²) >= 11 is 0. The molecule has 0 saturated carbocycles. The van der Waals surface area contributed by atoms with Crippen LogP contribution in [-0.2, 0) is 20.8 Å². The predicted molar refractivity (Wildman–Crippen MR) is 104 cm³/mol. The Balaban J connectivity index is 2.41. The lowest BCUT2D eigenvalue weighted by Gasteiger charge is -2.19. The van der Waals surface area contributed by atoms with Crippen molar-refractivity contribution in [3.63, 3.8) is 0 Å². The van der Waals surface area contributed by atoms with Gasteiger partial charge in [-0.1, -0.05) is 44.7 Å². The second kappa shape index (κ2) is 12.7. The number of nitrogens with zero attached hydrogens (tertiary/aromatic N) is 1. The van der Waals surface area contributed by atoms with E-state index in [9.17, 15) is 24.7 Å². The molecule has 0 aliphatic carbocycles. The van der Waals surface area contributed by atoms with Crippen LogP contribution in [0.2, 0.25) is 0 Å². The minimum absolute atomic E-state index is 0.0144. The smallest absolute Gasteiger partial charge is 0.248 e. The third-order valence-electron chi connectivity index (χ3n) is 4.40. The van der Waals surface area contributed by atoms with Crippen molar-refractivity contribution in [2.75, 3.05) is 6.54 Å². The number of rotatable bonds is 13. The van der Waals surface area contributed by atoms with Gasteiger partial charge in [0.05, 0.1) is 13.0 Å². The van der Waals surface area contributed by atoms with Gasteiger partial charge in [-0.15, -0.1) is 0 Å². The normalized spacial score (nSPS) is 11.6. The molecule has 0 spiro atoms. The predicted octanol–water partition coefficient (Wildman–Crippen LogP) is 1.87. The number of nitrogens with one attached hydrogen (secondary N) is 1. The highest BCUT2D eigenvalue weighted by Crippen LogP contribution is 2.11. The van der Waals surface area contributed by atoms with Crippen molar-refractivity contribution in [2.24, 2.45) is 5.73 Å². The zero-order valence-electron chi connectivity index (χ0n) is 16.4. The first-order valence-corrected chi connectivity index (χ1v) is 9.69. The quantitative estimate of drug-likeness (QED) is 0.231. The van der Waals surface area contributed by atoms with Crippen LogP contribution in [0.3, 0.4) is 0 Å². The van der Waals surface area contributed by atoms with Crippen LogP contribution in [0.5, 0.6) is 5.75 Å². The van der Waals surface area contributed by atoms with Gasteiger partial charge in [0.1, 0.15) is 11.8 Å². The summed E-state index contributed by atoms with van der Waals surface area (Å²) in [7, 11) is 0. The summed E-state index contributed by atoms with van der Waals surface area (Å²) in [6.45, 7) is 2.12. The number of hydrogen-bond donors (Lipinski definition) is 4. The highest BCUT2D eigenvalue weighted by atomic mass is 16.5. The van der Waals surface area contributed by atoms with Crippen LogP contribution in [0, 0.1) is 0 Å². The number of amides is 3. The molecule has 0 bridgehead atoms. The van der Waals surface area contributed by atoms with E-state index in [0.29, 0.717) is 17.9 Å².